The Bertz CT molecular complexity index is 256. The molecule has 0 N–H and O–H groups in total. The summed E-state index contributed by atoms with van der Waals surface area (Å²) in [4.78, 5) is 22.5. The predicted molar refractivity (Wildman–Crippen MR) is 74.6 cm³/mol. The smallest absolute Gasteiger partial charge is 0.305 e. The molecule has 0 aromatic heterocycles. The Morgan fingerprint density at radius 1 is 0.789 bits per heavy atom. The molecule has 0 fully saturated rings. The maximum absolute atomic E-state index is 11.2. The van der Waals surface area contributed by atoms with Crippen LogP contribution in [0.4, 0.5) is 0 Å². The SMILES string of the molecule is C=CCCOC(=O)CCCCCC(=O)OCCC=C. The van der Waals surface area contributed by atoms with E-state index in [2.05, 4.69) is 13.2 Å². The van der Waals surface area contributed by atoms with Crippen molar-refractivity contribution in [1.82, 2.24) is 0 Å². The zero-order valence-corrected chi connectivity index (χ0v) is 11.6. The van der Waals surface area contributed by atoms with Gasteiger partial charge in [0.2, 0.25) is 0 Å². The first-order valence-electron chi connectivity index (χ1n) is 6.73. The zero-order valence-electron chi connectivity index (χ0n) is 11.6. The first kappa shape index (κ1) is 17.4. The zero-order chi connectivity index (χ0) is 14.3. The maximum atomic E-state index is 11.2. The van der Waals surface area contributed by atoms with Gasteiger partial charge in [0.15, 0.2) is 0 Å². The van der Waals surface area contributed by atoms with Crippen molar-refractivity contribution in [3.8, 4) is 0 Å². The Hall–Kier alpha value is -1.58. The lowest BCUT2D eigenvalue weighted by molar-refractivity contribution is -0.144. The third-order valence-electron chi connectivity index (χ3n) is 2.43. The van der Waals surface area contributed by atoms with Crippen LogP contribution in [0.5, 0.6) is 0 Å². The van der Waals surface area contributed by atoms with Crippen LogP contribution in [-0.2, 0) is 19.1 Å². The van der Waals surface area contributed by atoms with E-state index in [-0.39, 0.29) is 11.9 Å². The Morgan fingerprint density at radius 3 is 1.58 bits per heavy atom. The van der Waals surface area contributed by atoms with E-state index in [1.165, 1.54) is 0 Å². The van der Waals surface area contributed by atoms with Gasteiger partial charge in [-0.1, -0.05) is 18.6 Å². The van der Waals surface area contributed by atoms with Crippen molar-refractivity contribution >= 4 is 11.9 Å². The Kier molecular flexibility index (Phi) is 11.8. The van der Waals surface area contributed by atoms with Crippen molar-refractivity contribution in [2.75, 3.05) is 13.2 Å². The van der Waals surface area contributed by atoms with Crippen molar-refractivity contribution in [2.45, 2.75) is 44.9 Å². The van der Waals surface area contributed by atoms with Crippen molar-refractivity contribution in [2.24, 2.45) is 0 Å². The standard InChI is InChI=1S/C15H24O4/c1-3-5-12-18-14(16)10-8-7-9-11-15(17)19-13-6-4-2/h3-4H,1-2,5-13H2. The Balaban J connectivity index is 3.34. The normalized spacial score (nSPS) is 9.68. The van der Waals surface area contributed by atoms with Gasteiger partial charge in [-0.05, 0) is 25.7 Å². The lowest BCUT2D eigenvalue weighted by atomic mass is 10.1. The van der Waals surface area contributed by atoms with Crippen LogP contribution in [0.1, 0.15) is 44.9 Å². The third-order valence-corrected chi connectivity index (χ3v) is 2.43. The fraction of sp³-hybridized carbons (Fsp3) is 0.600. The molecule has 0 aliphatic heterocycles. The number of hydrogen-bond donors (Lipinski definition) is 0. The van der Waals surface area contributed by atoms with Gasteiger partial charge >= 0.3 is 11.9 Å². The van der Waals surface area contributed by atoms with E-state index in [1.54, 1.807) is 12.2 Å². The molecule has 4 heteroatoms. The summed E-state index contributed by atoms with van der Waals surface area (Å²) < 4.78 is 9.93. The van der Waals surface area contributed by atoms with Gasteiger partial charge in [0.05, 0.1) is 13.2 Å². The highest BCUT2D eigenvalue weighted by atomic mass is 16.5. The minimum atomic E-state index is -0.185. The van der Waals surface area contributed by atoms with Gasteiger partial charge in [0, 0.05) is 12.8 Å². The van der Waals surface area contributed by atoms with Gasteiger partial charge in [-0.25, -0.2) is 0 Å². The predicted octanol–water partition coefficient (Wildman–Crippen LogP) is 3.18. The summed E-state index contributed by atoms with van der Waals surface area (Å²) in [6.07, 6.45) is 7.92. The Morgan fingerprint density at radius 2 is 1.21 bits per heavy atom. The molecule has 0 saturated carbocycles. The lowest BCUT2D eigenvalue weighted by Crippen LogP contribution is -2.06. The molecular weight excluding hydrogens is 244 g/mol. The molecule has 0 bridgehead atoms. The van der Waals surface area contributed by atoms with E-state index in [0.717, 1.165) is 19.3 Å². The molecule has 108 valence electrons. The van der Waals surface area contributed by atoms with E-state index in [0.29, 0.717) is 38.9 Å². The summed E-state index contributed by atoms with van der Waals surface area (Å²) in [5, 5.41) is 0. The third kappa shape index (κ3) is 12.7. The molecule has 0 aromatic rings. The van der Waals surface area contributed by atoms with E-state index in [4.69, 9.17) is 9.47 Å². The van der Waals surface area contributed by atoms with Gasteiger partial charge in [-0.2, -0.15) is 0 Å². The molecule has 0 saturated heterocycles. The highest BCUT2D eigenvalue weighted by Gasteiger charge is 2.04. The largest absolute Gasteiger partial charge is 0.465 e. The summed E-state index contributed by atoms with van der Waals surface area (Å²) >= 11 is 0. The number of esters is 2. The van der Waals surface area contributed by atoms with Crippen LogP contribution in [0.2, 0.25) is 0 Å². The lowest BCUT2D eigenvalue weighted by Gasteiger charge is -2.04. The molecule has 0 aliphatic rings. The number of carbonyl (C=O) groups excluding carboxylic acids is 2. The molecule has 19 heavy (non-hydrogen) atoms. The van der Waals surface area contributed by atoms with Crippen LogP contribution in [0, 0.1) is 0 Å². The van der Waals surface area contributed by atoms with Gasteiger partial charge in [0.25, 0.3) is 0 Å². The van der Waals surface area contributed by atoms with E-state index >= 15 is 0 Å². The van der Waals surface area contributed by atoms with Crippen LogP contribution in [0.15, 0.2) is 25.3 Å². The van der Waals surface area contributed by atoms with Gasteiger partial charge < -0.3 is 9.47 Å². The van der Waals surface area contributed by atoms with E-state index in [1.807, 2.05) is 0 Å². The van der Waals surface area contributed by atoms with E-state index in [9.17, 15) is 9.59 Å². The topological polar surface area (TPSA) is 52.6 Å². The van der Waals surface area contributed by atoms with Crippen LogP contribution in [0.3, 0.4) is 0 Å². The molecule has 0 atom stereocenters. The first-order valence-corrected chi connectivity index (χ1v) is 6.73. The summed E-state index contributed by atoms with van der Waals surface area (Å²) in [7, 11) is 0. The number of unbranched alkanes of at least 4 members (excludes halogenated alkanes) is 2. The molecule has 0 spiro atoms. The number of rotatable bonds is 12. The van der Waals surface area contributed by atoms with Gasteiger partial charge in [-0.15, -0.1) is 13.2 Å². The average Bonchev–Trinajstić information content (AvgIpc) is 2.39. The summed E-state index contributed by atoms with van der Waals surface area (Å²) in [6, 6.07) is 0. The summed E-state index contributed by atoms with van der Waals surface area (Å²) in [6.45, 7) is 7.89. The van der Waals surface area contributed by atoms with Gasteiger partial charge in [-0.3, -0.25) is 9.59 Å². The quantitative estimate of drug-likeness (QED) is 0.310. The van der Waals surface area contributed by atoms with Crippen LogP contribution >= 0.6 is 0 Å². The van der Waals surface area contributed by atoms with Crippen molar-refractivity contribution < 1.29 is 19.1 Å². The first-order chi connectivity index (χ1) is 9.20. The maximum Gasteiger partial charge on any atom is 0.305 e. The molecule has 0 heterocycles. The van der Waals surface area contributed by atoms with Crippen LogP contribution < -0.4 is 0 Å². The number of carbonyl (C=O) groups is 2. The highest BCUT2D eigenvalue weighted by molar-refractivity contribution is 5.69. The molecule has 0 rings (SSSR count). The fourth-order valence-electron chi connectivity index (χ4n) is 1.37. The van der Waals surface area contributed by atoms with Crippen LogP contribution in [0.25, 0.3) is 0 Å². The van der Waals surface area contributed by atoms with Crippen LogP contribution in [-0.4, -0.2) is 25.2 Å². The summed E-state index contributed by atoms with van der Waals surface area (Å²) in [5.41, 5.74) is 0. The highest BCUT2D eigenvalue weighted by Crippen LogP contribution is 2.05. The Labute approximate surface area is 115 Å². The molecule has 0 aliphatic carbocycles. The fourth-order valence-corrected chi connectivity index (χ4v) is 1.37. The second-order valence-electron chi connectivity index (χ2n) is 4.16. The molecule has 0 amide bonds. The molecule has 0 unspecified atom stereocenters. The van der Waals surface area contributed by atoms with Crippen molar-refractivity contribution in [3.05, 3.63) is 25.3 Å². The molecule has 0 aromatic carbocycles. The van der Waals surface area contributed by atoms with E-state index < -0.39 is 0 Å². The number of ether oxygens (including phenoxy) is 2. The second-order valence-corrected chi connectivity index (χ2v) is 4.16. The minimum absolute atomic E-state index is 0.185. The van der Waals surface area contributed by atoms with Crippen molar-refractivity contribution in [3.63, 3.8) is 0 Å². The molecule has 0 radical (unpaired) electrons. The molecule has 4 nitrogen and oxygen atoms in total. The second kappa shape index (κ2) is 12.9. The summed E-state index contributed by atoms with van der Waals surface area (Å²) in [5.74, 6) is -0.370. The number of hydrogen-bond acceptors (Lipinski definition) is 4. The monoisotopic (exact) mass is 268 g/mol. The minimum Gasteiger partial charge on any atom is -0.465 e. The average molecular weight is 268 g/mol. The molecular formula is C15H24O4. The van der Waals surface area contributed by atoms with Crippen molar-refractivity contribution in [1.29, 1.82) is 0 Å². The van der Waals surface area contributed by atoms with Gasteiger partial charge in [0.1, 0.15) is 0 Å².